The summed E-state index contributed by atoms with van der Waals surface area (Å²) in [5, 5.41) is 1.98. The molecule has 0 saturated carbocycles. The van der Waals surface area contributed by atoms with E-state index < -0.39 is 0 Å². The molecule has 2 aromatic heterocycles. The second-order valence-corrected chi connectivity index (χ2v) is 4.75. The summed E-state index contributed by atoms with van der Waals surface area (Å²) < 4.78 is 0. The first-order chi connectivity index (χ1) is 7.70. The van der Waals surface area contributed by atoms with E-state index in [1.54, 1.807) is 17.4 Å². The number of aromatic amines is 1. The number of H-pyrrole nitrogens is 1. The Morgan fingerprint density at radius 1 is 1.56 bits per heavy atom. The highest BCUT2D eigenvalue weighted by molar-refractivity contribution is 7.13. The lowest BCUT2D eigenvalue weighted by Crippen LogP contribution is -2.11. The van der Waals surface area contributed by atoms with Gasteiger partial charge in [0.05, 0.1) is 10.6 Å². The molecule has 0 aliphatic heterocycles. The van der Waals surface area contributed by atoms with Gasteiger partial charge in [-0.2, -0.15) is 0 Å². The zero-order valence-corrected chi connectivity index (χ0v) is 10.2. The van der Waals surface area contributed by atoms with Gasteiger partial charge in [0.25, 0.3) is 5.56 Å². The number of hydrogen-bond donors (Lipinski definition) is 1. The number of aromatic nitrogens is 2. The Bertz CT molecular complexity index is 516. The summed E-state index contributed by atoms with van der Waals surface area (Å²) in [6, 6.07) is 5.50. The van der Waals surface area contributed by atoms with E-state index in [2.05, 4.69) is 23.8 Å². The molecule has 0 aliphatic rings. The molecule has 1 unspecified atom stereocenters. The van der Waals surface area contributed by atoms with Gasteiger partial charge in [-0.25, -0.2) is 4.98 Å². The zero-order valence-electron chi connectivity index (χ0n) is 9.36. The van der Waals surface area contributed by atoms with Crippen LogP contribution in [-0.4, -0.2) is 9.97 Å². The first-order valence-electron chi connectivity index (χ1n) is 5.36. The monoisotopic (exact) mass is 234 g/mol. The summed E-state index contributed by atoms with van der Waals surface area (Å²) in [4.78, 5) is 19.8. The Morgan fingerprint density at radius 2 is 2.38 bits per heavy atom. The van der Waals surface area contributed by atoms with E-state index >= 15 is 0 Å². The summed E-state index contributed by atoms with van der Waals surface area (Å²) >= 11 is 1.58. The van der Waals surface area contributed by atoms with Gasteiger partial charge in [-0.15, -0.1) is 11.3 Å². The Hall–Kier alpha value is -1.42. The molecule has 0 aromatic carbocycles. The second-order valence-electron chi connectivity index (χ2n) is 3.81. The molecule has 2 rings (SSSR count). The van der Waals surface area contributed by atoms with Crippen LogP contribution in [0.25, 0.3) is 10.7 Å². The lowest BCUT2D eigenvalue weighted by molar-refractivity contribution is 0.704. The molecule has 0 amide bonds. The lowest BCUT2D eigenvalue weighted by Gasteiger charge is -2.08. The van der Waals surface area contributed by atoms with Gasteiger partial charge in [0, 0.05) is 6.07 Å². The van der Waals surface area contributed by atoms with Crippen molar-refractivity contribution < 1.29 is 0 Å². The van der Waals surface area contributed by atoms with E-state index in [0.29, 0.717) is 11.7 Å². The van der Waals surface area contributed by atoms with Crippen molar-refractivity contribution in [1.29, 1.82) is 0 Å². The number of rotatable bonds is 3. The maximum atomic E-state index is 11.5. The number of nitrogens with one attached hydrogen (secondary N) is 1. The average Bonchev–Trinajstić information content (AvgIpc) is 2.80. The van der Waals surface area contributed by atoms with E-state index in [4.69, 9.17) is 0 Å². The van der Waals surface area contributed by atoms with Crippen LogP contribution in [0.15, 0.2) is 28.4 Å². The van der Waals surface area contributed by atoms with Crippen LogP contribution in [0.2, 0.25) is 0 Å². The standard InChI is InChI=1S/C12H14N2OS/c1-3-8(2)9-7-11(15)14-12(13-9)10-5-4-6-16-10/h4-8H,3H2,1-2H3,(H,13,14,15). The number of nitrogens with zero attached hydrogens (tertiary/aromatic N) is 1. The summed E-state index contributed by atoms with van der Waals surface area (Å²) in [5.41, 5.74) is 0.795. The molecule has 0 aliphatic carbocycles. The normalized spacial score (nSPS) is 12.6. The number of hydrogen-bond acceptors (Lipinski definition) is 3. The molecule has 1 atom stereocenters. The van der Waals surface area contributed by atoms with E-state index in [1.165, 1.54) is 0 Å². The van der Waals surface area contributed by atoms with Gasteiger partial charge >= 0.3 is 0 Å². The van der Waals surface area contributed by atoms with Gasteiger partial charge in [-0.05, 0) is 23.8 Å². The summed E-state index contributed by atoms with van der Waals surface area (Å²) in [5.74, 6) is 0.999. The molecule has 0 bridgehead atoms. The highest BCUT2D eigenvalue weighted by Crippen LogP contribution is 2.22. The van der Waals surface area contributed by atoms with Crippen molar-refractivity contribution in [2.24, 2.45) is 0 Å². The van der Waals surface area contributed by atoms with Gasteiger partial charge < -0.3 is 4.98 Å². The predicted octanol–water partition coefficient (Wildman–Crippen LogP) is 3.01. The zero-order chi connectivity index (χ0) is 11.5. The molecule has 3 nitrogen and oxygen atoms in total. The molecule has 1 N–H and O–H groups in total. The first-order valence-corrected chi connectivity index (χ1v) is 6.23. The fraction of sp³-hybridized carbons (Fsp3) is 0.333. The van der Waals surface area contributed by atoms with E-state index in [9.17, 15) is 4.79 Å². The van der Waals surface area contributed by atoms with Crippen molar-refractivity contribution in [1.82, 2.24) is 9.97 Å². The molecule has 84 valence electrons. The molecule has 2 heterocycles. The number of thiophene rings is 1. The molecule has 0 fully saturated rings. The minimum atomic E-state index is -0.0753. The highest BCUT2D eigenvalue weighted by atomic mass is 32.1. The molecular formula is C12H14N2OS. The minimum Gasteiger partial charge on any atom is -0.306 e. The Labute approximate surface area is 98.2 Å². The van der Waals surface area contributed by atoms with Crippen LogP contribution in [0.4, 0.5) is 0 Å². The van der Waals surface area contributed by atoms with Crippen molar-refractivity contribution >= 4 is 11.3 Å². The van der Waals surface area contributed by atoms with Crippen molar-refractivity contribution in [3.8, 4) is 10.7 Å². The lowest BCUT2D eigenvalue weighted by atomic mass is 10.1. The quantitative estimate of drug-likeness (QED) is 0.887. The topological polar surface area (TPSA) is 45.8 Å². The average molecular weight is 234 g/mol. The predicted molar refractivity (Wildman–Crippen MR) is 66.9 cm³/mol. The van der Waals surface area contributed by atoms with Gasteiger partial charge in [0.2, 0.25) is 0 Å². The Balaban J connectivity index is 2.48. The molecule has 0 spiro atoms. The van der Waals surface area contributed by atoms with Crippen LogP contribution >= 0.6 is 11.3 Å². The molecule has 16 heavy (non-hydrogen) atoms. The molecule has 0 radical (unpaired) electrons. The van der Waals surface area contributed by atoms with Crippen molar-refractivity contribution in [2.45, 2.75) is 26.2 Å². The van der Waals surface area contributed by atoms with E-state index in [0.717, 1.165) is 17.0 Å². The fourth-order valence-electron chi connectivity index (χ4n) is 1.47. The van der Waals surface area contributed by atoms with E-state index in [-0.39, 0.29) is 5.56 Å². The summed E-state index contributed by atoms with van der Waals surface area (Å²) in [6.07, 6.45) is 0.986. The van der Waals surface area contributed by atoms with E-state index in [1.807, 2.05) is 17.5 Å². The van der Waals surface area contributed by atoms with Gasteiger partial charge in [-0.1, -0.05) is 19.9 Å². The van der Waals surface area contributed by atoms with Gasteiger partial charge in [0.15, 0.2) is 0 Å². The van der Waals surface area contributed by atoms with Crippen LogP contribution in [-0.2, 0) is 0 Å². The van der Waals surface area contributed by atoms with Crippen molar-refractivity contribution in [2.75, 3.05) is 0 Å². The minimum absolute atomic E-state index is 0.0753. The second kappa shape index (κ2) is 4.61. The maximum Gasteiger partial charge on any atom is 0.251 e. The SMILES string of the molecule is CCC(C)c1cc(=O)[nH]c(-c2cccs2)n1. The Kier molecular flexibility index (Phi) is 3.19. The maximum absolute atomic E-state index is 11.5. The van der Waals surface area contributed by atoms with Crippen LogP contribution in [0, 0.1) is 0 Å². The van der Waals surface area contributed by atoms with Crippen LogP contribution in [0.5, 0.6) is 0 Å². The third kappa shape index (κ3) is 2.22. The van der Waals surface area contributed by atoms with Crippen LogP contribution in [0.1, 0.15) is 31.9 Å². The Morgan fingerprint density at radius 3 is 3.00 bits per heavy atom. The highest BCUT2D eigenvalue weighted by Gasteiger charge is 2.09. The van der Waals surface area contributed by atoms with Crippen LogP contribution in [0.3, 0.4) is 0 Å². The summed E-state index contributed by atoms with van der Waals surface area (Å²) in [6.45, 7) is 4.18. The third-order valence-electron chi connectivity index (χ3n) is 2.63. The molecule has 0 saturated heterocycles. The first kappa shape index (κ1) is 11.1. The molecule has 4 heteroatoms. The molecular weight excluding hydrogens is 220 g/mol. The van der Waals surface area contributed by atoms with Crippen molar-refractivity contribution in [3.63, 3.8) is 0 Å². The van der Waals surface area contributed by atoms with Gasteiger partial charge in [-0.3, -0.25) is 4.79 Å². The largest absolute Gasteiger partial charge is 0.306 e. The summed E-state index contributed by atoms with van der Waals surface area (Å²) in [7, 11) is 0. The van der Waals surface area contributed by atoms with Gasteiger partial charge in [0.1, 0.15) is 5.82 Å². The smallest absolute Gasteiger partial charge is 0.251 e. The third-order valence-corrected chi connectivity index (χ3v) is 3.51. The fourth-order valence-corrected chi connectivity index (χ4v) is 2.14. The molecule has 2 aromatic rings. The van der Waals surface area contributed by atoms with Crippen LogP contribution < -0.4 is 5.56 Å². The van der Waals surface area contributed by atoms with Crippen molar-refractivity contribution in [3.05, 3.63) is 39.6 Å².